The highest BCUT2D eigenvalue weighted by Crippen LogP contribution is 2.32. The van der Waals surface area contributed by atoms with Crippen molar-refractivity contribution >= 4 is 6.29 Å². The van der Waals surface area contributed by atoms with Crippen molar-refractivity contribution in [3.63, 3.8) is 0 Å². The molecule has 1 aromatic carbocycles. The van der Waals surface area contributed by atoms with Gasteiger partial charge in [0.25, 0.3) is 0 Å². The first-order valence-corrected chi connectivity index (χ1v) is 4.43. The van der Waals surface area contributed by atoms with E-state index in [1.807, 2.05) is 0 Å². The molecule has 0 heterocycles. The lowest BCUT2D eigenvalue weighted by atomic mass is 10.1. The third kappa shape index (κ3) is 3.80. The van der Waals surface area contributed by atoms with Gasteiger partial charge in [-0.05, 0) is 24.1 Å². The molecule has 0 aliphatic heterocycles. The van der Waals surface area contributed by atoms with Gasteiger partial charge >= 0.3 is 6.36 Å². The first kappa shape index (κ1) is 12.4. The second-order valence-corrected chi connectivity index (χ2v) is 3.06. The Morgan fingerprint density at radius 3 is 2.62 bits per heavy atom. The lowest BCUT2D eigenvalue weighted by Gasteiger charge is -2.11. The highest BCUT2D eigenvalue weighted by atomic mass is 19.4. The molecule has 0 saturated heterocycles. The van der Waals surface area contributed by atoms with Gasteiger partial charge in [-0.25, -0.2) is 0 Å². The Labute approximate surface area is 89.5 Å². The second-order valence-electron chi connectivity index (χ2n) is 3.06. The van der Waals surface area contributed by atoms with Gasteiger partial charge in [0.15, 0.2) is 11.5 Å². The third-order valence-corrected chi connectivity index (χ3v) is 1.80. The van der Waals surface area contributed by atoms with E-state index < -0.39 is 17.9 Å². The standard InChI is InChI=1S/C10H9F3O3/c11-10(12,13)16-9-6-7(2-1-5-14)3-4-8(9)15/h3-6,15H,1-2H2. The number of aromatic hydroxyl groups is 1. The van der Waals surface area contributed by atoms with Crippen LogP contribution >= 0.6 is 0 Å². The molecule has 1 N–H and O–H groups in total. The summed E-state index contributed by atoms with van der Waals surface area (Å²) in [6.45, 7) is 0. The molecule has 3 nitrogen and oxygen atoms in total. The summed E-state index contributed by atoms with van der Waals surface area (Å²) >= 11 is 0. The molecule has 0 unspecified atom stereocenters. The van der Waals surface area contributed by atoms with Gasteiger partial charge < -0.3 is 14.6 Å². The molecule has 0 amide bonds. The van der Waals surface area contributed by atoms with Gasteiger partial charge in [-0.1, -0.05) is 6.07 Å². The van der Waals surface area contributed by atoms with E-state index in [4.69, 9.17) is 5.11 Å². The molecule has 0 fully saturated rings. The van der Waals surface area contributed by atoms with Crippen LogP contribution in [0.3, 0.4) is 0 Å². The first-order valence-electron chi connectivity index (χ1n) is 4.43. The summed E-state index contributed by atoms with van der Waals surface area (Å²) in [6.07, 6.45) is -3.67. The number of aryl methyl sites for hydroxylation is 1. The summed E-state index contributed by atoms with van der Waals surface area (Å²) in [4.78, 5) is 10.1. The quantitative estimate of drug-likeness (QED) is 0.814. The minimum absolute atomic E-state index is 0.205. The third-order valence-electron chi connectivity index (χ3n) is 1.80. The molecule has 0 saturated carbocycles. The molecule has 0 aromatic heterocycles. The van der Waals surface area contributed by atoms with E-state index in [1.165, 1.54) is 6.07 Å². The predicted octanol–water partition coefficient (Wildman–Crippen LogP) is 2.42. The van der Waals surface area contributed by atoms with E-state index >= 15 is 0 Å². The van der Waals surface area contributed by atoms with Crippen LogP contribution in [0.5, 0.6) is 11.5 Å². The van der Waals surface area contributed by atoms with Gasteiger partial charge in [0.1, 0.15) is 6.29 Å². The van der Waals surface area contributed by atoms with Crippen molar-refractivity contribution in [2.24, 2.45) is 0 Å². The predicted molar refractivity (Wildman–Crippen MR) is 49.2 cm³/mol. The van der Waals surface area contributed by atoms with E-state index in [2.05, 4.69) is 4.74 Å². The average molecular weight is 234 g/mol. The van der Waals surface area contributed by atoms with Crippen LogP contribution < -0.4 is 4.74 Å². The molecule has 0 bridgehead atoms. The van der Waals surface area contributed by atoms with Crippen LogP contribution in [0.4, 0.5) is 13.2 Å². The van der Waals surface area contributed by atoms with Crippen LogP contribution in [0.2, 0.25) is 0 Å². The average Bonchev–Trinajstić information content (AvgIpc) is 2.17. The monoisotopic (exact) mass is 234 g/mol. The Balaban J connectivity index is 2.86. The molecule has 88 valence electrons. The normalized spacial score (nSPS) is 11.2. The smallest absolute Gasteiger partial charge is 0.504 e. The molecule has 16 heavy (non-hydrogen) atoms. The number of alkyl halides is 3. The molecule has 1 rings (SSSR count). The number of hydrogen-bond donors (Lipinski definition) is 1. The molecule has 6 heteroatoms. The van der Waals surface area contributed by atoms with E-state index in [1.54, 1.807) is 0 Å². The van der Waals surface area contributed by atoms with Gasteiger partial charge in [0.2, 0.25) is 0 Å². The van der Waals surface area contributed by atoms with E-state index in [-0.39, 0.29) is 6.42 Å². The first-order chi connectivity index (χ1) is 7.42. The number of phenolic OH excluding ortho intramolecular Hbond substituents is 1. The van der Waals surface area contributed by atoms with Crippen LogP contribution in [0.1, 0.15) is 12.0 Å². The zero-order valence-corrected chi connectivity index (χ0v) is 8.12. The number of halogens is 3. The Hall–Kier alpha value is -1.72. The van der Waals surface area contributed by atoms with Gasteiger partial charge in [0.05, 0.1) is 0 Å². The molecule has 1 aromatic rings. The van der Waals surface area contributed by atoms with Crippen LogP contribution in [-0.2, 0) is 11.2 Å². The second kappa shape index (κ2) is 4.87. The van der Waals surface area contributed by atoms with Crippen molar-refractivity contribution in [1.82, 2.24) is 0 Å². The van der Waals surface area contributed by atoms with Crippen LogP contribution in [0, 0.1) is 0 Å². The fourth-order valence-electron chi connectivity index (χ4n) is 1.15. The minimum atomic E-state index is -4.85. The maximum atomic E-state index is 11.9. The number of rotatable bonds is 4. The summed E-state index contributed by atoms with van der Waals surface area (Å²) in [5, 5.41) is 9.13. The summed E-state index contributed by atoms with van der Waals surface area (Å²) in [7, 11) is 0. The Kier molecular flexibility index (Phi) is 3.76. The molecular formula is C10H9F3O3. The molecule has 0 spiro atoms. The van der Waals surface area contributed by atoms with Crippen molar-refractivity contribution in [1.29, 1.82) is 0 Å². The van der Waals surface area contributed by atoms with Gasteiger partial charge in [-0.3, -0.25) is 0 Å². The van der Waals surface area contributed by atoms with Gasteiger partial charge in [-0.2, -0.15) is 0 Å². The summed E-state index contributed by atoms with van der Waals surface area (Å²) in [6, 6.07) is 3.59. The van der Waals surface area contributed by atoms with Crippen molar-refractivity contribution in [3.05, 3.63) is 23.8 Å². The van der Waals surface area contributed by atoms with Gasteiger partial charge in [-0.15, -0.1) is 13.2 Å². The zero-order chi connectivity index (χ0) is 12.2. The Morgan fingerprint density at radius 2 is 2.06 bits per heavy atom. The van der Waals surface area contributed by atoms with E-state index in [9.17, 15) is 18.0 Å². The molecule has 0 atom stereocenters. The molecule has 0 radical (unpaired) electrons. The summed E-state index contributed by atoms with van der Waals surface area (Å²) in [5.41, 5.74) is 0.490. The summed E-state index contributed by atoms with van der Waals surface area (Å²) in [5.74, 6) is -1.25. The van der Waals surface area contributed by atoms with Crippen LogP contribution in [-0.4, -0.2) is 17.8 Å². The molecular weight excluding hydrogens is 225 g/mol. The highest BCUT2D eigenvalue weighted by molar-refractivity contribution is 5.50. The maximum Gasteiger partial charge on any atom is 0.573 e. The molecule has 0 aliphatic carbocycles. The van der Waals surface area contributed by atoms with Crippen molar-refractivity contribution < 1.29 is 27.8 Å². The van der Waals surface area contributed by atoms with Crippen LogP contribution in [0.15, 0.2) is 18.2 Å². The maximum absolute atomic E-state index is 11.9. The highest BCUT2D eigenvalue weighted by Gasteiger charge is 2.32. The zero-order valence-electron chi connectivity index (χ0n) is 8.12. The SMILES string of the molecule is O=CCCc1ccc(O)c(OC(F)(F)F)c1. The fraction of sp³-hybridized carbons (Fsp3) is 0.300. The number of benzene rings is 1. The van der Waals surface area contributed by atoms with Crippen molar-refractivity contribution in [3.8, 4) is 11.5 Å². The van der Waals surface area contributed by atoms with E-state index in [0.717, 1.165) is 12.1 Å². The molecule has 0 aliphatic rings. The number of ether oxygens (including phenoxy) is 1. The number of aldehydes is 1. The van der Waals surface area contributed by atoms with Crippen molar-refractivity contribution in [2.75, 3.05) is 0 Å². The summed E-state index contributed by atoms with van der Waals surface area (Å²) < 4.78 is 39.4. The number of hydrogen-bond acceptors (Lipinski definition) is 3. The number of carbonyl (C=O) groups excluding carboxylic acids is 1. The Bertz CT molecular complexity index is 374. The van der Waals surface area contributed by atoms with Crippen LogP contribution in [0.25, 0.3) is 0 Å². The van der Waals surface area contributed by atoms with Crippen molar-refractivity contribution in [2.45, 2.75) is 19.2 Å². The number of carbonyl (C=O) groups is 1. The topological polar surface area (TPSA) is 46.5 Å². The largest absolute Gasteiger partial charge is 0.573 e. The minimum Gasteiger partial charge on any atom is -0.504 e. The van der Waals surface area contributed by atoms with E-state index in [0.29, 0.717) is 18.3 Å². The lowest BCUT2D eigenvalue weighted by molar-refractivity contribution is -0.275. The lowest BCUT2D eigenvalue weighted by Crippen LogP contribution is -2.17. The number of phenols is 1. The fourth-order valence-corrected chi connectivity index (χ4v) is 1.15. The Morgan fingerprint density at radius 1 is 1.38 bits per heavy atom. The van der Waals surface area contributed by atoms with Gasteiger partial charge in [0, 0.05) is 6.42 Å².